The lowest BCUT2D eigenvalue weighted by Gasteiger charge is -2.37. The van der Waals surface area contributed by atoms with Gasteiger partial charge in [-0.05, 0) is 95.9 Å². The van der Waals surface area contributed by atoms with Gasteiger partial charge in [0.05, 0.1) is 0 Å². The van der Waals surface area contributed by atoms with Gasteiger partial charge in [0.15, 0.2) is 0 Å². The van der Waals surface area contributed by atoms with Crippen molar-refractivity contribution in [1.82, 2.24) is 26.6 Å². The van der Waals surface area contributed by atoms with E-state index >= 15 is 0 Å². The van der Waals surface area contributed by atoms with Crippen LogP contribution in [0.25, 0.3) is 0 Å². The van der Waals surface area contributed by atoms with Crippen molar-refractivity contribution in [1.29, 1.82) is 0 Å². The Labute approximate surface area is 391 Å². The third-order valence-electron chi connectivity index (χ3n) is 9.91. The molecule has 0 aliphatic carbocycles. The molecule has 0 aliphatic rings. The van der Waals surface area contributed by atoms with Crippen LogP contribution in [0.2, 0.25) is 0 Å². The second-order valence-corrected chi connectivity index (χ2v) is 18.7. The first-order valence-electron chi connectivity index (χ1n) is 21.9. The summed E-state index contributed by atoms with van der Waals surface area (Å²) in [6.07, 6.45) is 0.147. The van der Waals surface area contributed by atoms with E-state index in [9.17, 15) is 43.5 Å². The summed E-state index contributed by atoms with van der Waals surface area (Å²) in [6.45, 7) is 11.2. The van der Waals surface area contributed by atoms with Crippen LogP contribution in [0.1, 0.15) is 110 Å². The van der Waals surface area contributed by atoms with E-state index in [0.29, 0.717) is 5.75 Å². The highest BCUT2D eigenvalue weighted by molar-refractivity contribution is 7.98. The van der Waals surface area contributed by atoms with Crippen LogP contribution in [0.3, 0.4) is 0 Å². The normalized spacial score (nSPS) is 13.4. The number of benzene rings is 3. The van der Waals surface area contributed by atoms with Crippen LogP contribution in [-0.2, 0) is 53.4 Å². The van der Waals surface area contributed by atoms with E-state index in [2.05, 4.69) is 26.6 Å². The van der Waals surface area contributed by atoms with E-state index in [1.54, 1.807) is 47.8 Å². The molecule has 0 aliphatic heterocycles. The summed E-state index contributed by atoms with van der Waals surface area (Å²) >= 11 is 1.36. The predicted molar refractivity (Wildman–Crippen MR) is 251 cm³/mol. The molecule has 4 atom stereocenters. The van der Waals surface area contributed by atoms with Crippen LogP contribution < -0.4 is 26.6 Å². The van der Waals surface area contributed by atoms with E-state index in [4.69, 9.17) is 9.47 Å². The largest absolute Gasteiger partial charge is 0.480 e. The van der Waals surface area contributed by atoms with Gasteiger partial charge in [-0.1, -0.05) is 91.0 Å². The number of hydrogen-bond donors (Lipinski definition) is 6. The number of hydrogen-bond acceptors (Lipinski definition) is 11. The van der Waals surface area contributed by atoms with Crippen LogP contribution in [0.4, 0.5) is 0 Å². The fourth-order valence-electron chi connectivity index (χ4n) is 7.00. The lowest BCUT2D eigenvalue weighted by Crippen LogP contribution is -2.58. The molecule has 0 radical (unpaired) electrons. The fourth-order valence-corrected chi connectivity index (χ4v) is 7.47. The molecule has 0 saturated heterocycles. The first-order valence-corrected chi connectivity index (χ1v) is 23.2. The van der Waals surface area contributed by atoms with Gasteiger partial charge in [-0.3, -0.25) is 33.6 Å². The van der Waals surface area contributed by atoms with Crippen molar-refractivity contribution in [2.24, 2.45) is 0 Å². The van der Waals surface area contributed by atoms with Crippen molar-refractivity contribution in [3.63, 3.8) is 0 Å². The average Bonchev–Trinajstić information content (AvgIpc) is 3.25. The molecule has 0 saturated carbocycles. The molecule has 0 unspecified atom stereocenters. The molecule has 6 N–H and O–H groups in total. The molecular formula is C49H65N5O11S. The summed E-state index contributed by atoms with van der Waals surface area (Å²) in [5, 5.41) is 23.6. The van der Waals surface area contributed by atoms with Crippen molar-refractivity contribution in [2.75, 3.05) is 12.0 Å². The van der Waals surface area contributed by atoms with Crippen molar-refractivity contribution in [3.8, 4) is 0 Å². The summed E-state index contributed by atoms with van der Waals surface area (Å²) in [5.41, 5.74) is -0.527. The van der Waals surface area contributed by atoms with E-state index in [0.717, 1.165) is 16.7 Å². The molecule has 0 spiro atoms. The zero-order valence-corrected chi connectivity index (χ0v) is 39.9. The van der Waals surface area contributed by atoms with Gasteiger partial charge >= 0.3 is 17.9 Å². The monoisotopic (exact) mass is 931 g/mol. The van der Waals surface area contributed by atoms with E-state index < -0.39 is 88.4 Å². The number of carbonyl (C=O) groups is 8. The van der Waals surface area contributed by atoms with Gasteiger partial charge in [-0.2, -0.15) is 11.8 Å². The number of aliphatic carboxylic acids is 1. The summed E-state index contributed by atoms with van der Waals surface area (Å²) in [5.74, 6) is -6.02. The number of rotatable bonds is 24. The van der Waals surface area contributed by atoms with E-state index in [1.165, 1.54) is 18.7 Å². The number of nitrogens with one attached hydrogen (secondary N) is 5. The smallest absolute Gasteiger partial charge is 0.326 e. The Morgan fingerprint density at radius 2 is 0.879 bits per heavy atom. The molecular weight excluding hydrogens is 867 g/mol. The number of carboxylic acids is 1. The quantitative estimate of drug-likeness (QED) is 0.0519. The maximum absolute atomic E-state index is 14.0. The SMILES string of the molecule is CSCC[C@H](NC(=O)[C@H](CCC(=O)OC(C)(C)C)NC(=O)[C@H](CCC(=O)OC(C)(C)C)NC(C)=O)C(=O)N[C@@H](CCC(=O)NC(c1ccccc1)(c1ccccc1)c1ccccc1)C(=O)O. The highest BCUT2D eigenvalue weighted by Gasteiger charge is 2.38. The van der Waals surface area contributed by atoms with Crippen LogP contribution in [0, 0.1) is 0 Å². The molecule has 0 aromatic heterocycles. The van der Waals surface area contributed by atoms with Crippen LogP contribution in [0.5, 0.6) is 0 Å². The van der Waals surface area contributed by atoms with Gasteiger partial charge in [0.1, 0.15) is 40.9 Å². The van der Waals surface area contributed by atoms with Gasteiger partial charge in [-0.25, -0.2) is 4.79 Å². The fraction of sp³-hybridized carbons (Fsp3) is 0.469. The topological polar surface area (TPSA) is 235 Å². The first kappa shape index (κ1) is 54.1. The molecule has 3 rings (SSSR count). The molecule has 3 aromatic rings. The minimum Gasteiger partial charge on any atom is -0.480 e. The Bertz CT molecular complexity index is 2010. The van der Waals surface area contributed by atoms with Crippen molar-refractivity contribution in [3.05, 3.63) is 108 Å². The van der Waals surface area contributed by atoms with Gasteiger partial charge in [0.2, 0.25) is 29.5 Å². The highest BCUT2D eigenvalue weighted by atomic mass is 32.2. The Morgan fingerprint density at radius 3 is 1.23 bits per heavy atom. The van der Waals surface area contributed by atoms with Crippen LogP contribution in [-0.4, -0.2) is 99.9 Å². The minimum absolute atomic E-state index is 0.0381. The minimum atomic E-state index is -1.55. The van der Waals surface area contributed by atoms with Crippen molar-refractivity contribution < 1.29 is 52.9 Å². The first-order chi connectivity index (χ1) is 31.0. The van der Waals surface area contributed by atoms with Crippen LogP contribution in [0.15, 0.2) is 91.0 Å². The van der Waals surface area contributed by atoms with Crippen LogP contribution >= 0.6 is 11.8 Å². The zero-order valence-electron chi connectivity index (χ0n) is 39.1. The second kappa shape index (κ2) is 25.5. The average molecular weight is 932 g/mol. The number of ether oxygens (including phenoxy) is 2. The van der Waals surface area contributed by atoms with Gasteiger partial charge in [-0.15, -0.1) is 0 Å². The Hall–Kier alpha value is -6.23. The number of thioether (sulfide) groups is 1. The Kier molecular flexibility index (Phi) is 20.9. The number of carboxylic acid groups (broad SMARTS) is 1. The van der Waals surface area contributed by atoms with Crippen molar-refractivity contribution in [2.45, 2.75) is 134 Å². The van der Waals surface area contributed by atoms with Gasteiger partial charge in [0, 0.05) is 26.2 Å². The standard InChI is InChI=1S/C49H65N5O11S/c1-32(55)50-36(25-28-41(57)64-47(2,3)4)43(59)51-37(26-29-42(58)65-48(5,6)7)44(60)52-38(30-31-66-8)45(61)53-39(46(62)63)24-27-40(56)54-49(33-18-12-9-13-19-33,34-20-14-10-15-21-34)35-22-16-11-17-23-35/h9-23,36-39H,24-31H2,1-8H3,(H,50,55)(H,51,59)(H,52,60)(H,53,61)(H,54,56)(H,62,63)/t36-,37-,38-,39-/m0/s1. The zero-order chi connectivity index (χ0) is 49.1. The maximum Gasteiger partial charge on any atom is 0.326 e. The molecule has 16 nitrogen and oxygen atoms in total. The Balaban J connectivity index is 1.85. The van der Waals surface area contributed by atoms with Gasteiger partial charge in [0.25, 0.3) is 0 Å². The van der Waals surface area contributed by atoms with E-state index in [-0.39, 0.29) is 44.9 Å². The number of amides is 5. The molecule has 0 fully saturated rings. The summed E-state index contributed by atoms with van der Waals surface area (Å²) in [6, 6.07) is 22.5. The van der Waals surface area contributed by atoms with Gasteiger partial charge < -0.3 is 41.2 Å². The van der Waals surface area contributed by atoms with Crippen molar-refractivity contribution >= 4 is 59.2 Å². The lowest BCUT2D eigenvalue weighted by atomic mass is 9.77. The maximum atomic E-state index is 14.0. The molecule has 3 aromatic carbocycles. The molecule has 0 heterocycles. The summed E-state index contributed by atoms with van der Waals surface area (Å²) in [7, 11) is 0. The third-order valence-corrected chi connectivity index (χ3v) is 10.6. The molecule has 17 heteroatoms. The Morgan fingerprint density at radius 1 is 0.530 bits per heavy atom. The molecule has 0 bridgehead atoms. The third kappa shape index (κ3) is 18.0. The summed E-state index contributed by atoms with van der Waals surface area (Å²) < 4.78 is 10.7. The highest BCUT2D eigenvalue weighted by Crippen LogP contribution is 2.37. The van der Waals surface area contributed by atoms with E-state index in [1.807, 2.05) is 91.0 Å². The molecule has 5 amide bonds. The number of esters is 2. The predicted octanol–water partition coefficient (Wildman–Crippen LogP) is 4.92. The number of carbonyl (C=O) groups excluding carboxylic acids is 7. The summed E-state index contributed by atoms with van der Waals surface area (Å²) in [4.78, 5) is 106. The molecule has 358 valence electrons. The lowest BCUT2D eigenvalue weighted by molar-refractivity contribution is -0.156. The molecule has 66 heavy (non-hydrogen) atoms. The second-order valence-electron chi connectivity index (χ2n) is 17.7.